The predicted molar refractivity (Wildman–Crippen MR) is 93.1 cm³/mol. The van der Waals surface area contributed by atoms with Crippen molar-refractivity contribution in [3.63, 3.8) is 0 Å². The lowest BCUT2D eigenvalue weighted by molar-refractivity contribution is -0.116. The van der Waals surface area contributed by atoms with E-state index in [4.69, 9.17) is 21.8 Å². The Balaban J connectivity index is 1.83. The SMILES string of the molecule is NC(=O)c1oc2ccc(Cl)cc2c1NC(=O)CCc1ccccc1. The number of carbonyl (C=O) groups is 2. The molecule has 3 rings (SSSR count). The maximum absolute atomic E-state index is 12.2. The monoisotopic (exact) mass is 342 g/mol. The minimum Gasteiger partial charge on any atom is -0.449 e. The van der Waals surface area contributed by atoms with Crippen molar-refractivity contribution in [2.24, 2.45) is 5.73 Å². The standard InChI is InChI=1S/C18H15ClN2O3/c19-12-7-8-14-13(10-12)16(17(24-14)18(20)23)21-15(22)9-6-11-4-2-1-3-5-11/h1-5,7-8,10H,6,9H2,(H2,20,23)(H,21,22). The van der Waals surface area contributed by atoms with E-state index in [1.165, 1.54) is 0 Å². The quantitative estimate of drug-likeness (QED) is 0.740. The van der Waals surface area contributed by atoms with Crippen LogP contribution >= 0.6 is 11.6 Å². The van der Waals surface area contributed by atoms with E-state index in [2.05, 4.69) is 5.32 Å². The van der Waals surface area contributed by atoms with Gasteiger partial charge in [0.05, 0.1) is 0 Å². The molecule has 0 aliphatic heterocycles. The first kappa shape index (κ1) is 16.1. The van der Waals surface area contributed by atoms with Crippen LogP contribution in [0.1, 0.15) is 22.5 Å². The average Bonchev–Trinajstić information content (AvgIpc) is 2.92. The van der Waals surface area contributed by atoms with E-state index >= 15 is 0 Å². The number of halogens is 1. The Bertz CT molecular complexity index is 903. The molecule has 0 radical (unpaired) electrons. The van der Waals surface area contributed by atoms with Gasteiger partial charge in [0.1, 0.15) is 11.3 Å². The first-order chi connectivity index (χ1) is 11.5. The second-order valence-corrected chi connectivity index (χ2v) is 5.78. The molecule has 2 aromatic carbocycles. The molecule has 0 saturated carbocycles. The zero-order valence-corrected chi connectivity index (χ0v) is 13.5. The fourth-order valence-electron chi connectivity index (χ4n) is 2.47. The predicted octanol–water partition coefficient (Wildman–Crippen LogP) is 3.76. The summed E-state index contributed by atoms with van der Waals surface area (Å²) in [6.45, 7) is 0. The average molecular weight is 343 g/mol. The third-order valence-corrected chi connectivity index (χ3v) is 3.86. The van der Waals surface area contributed by atoms with Gasteiger partial charge in [-0.25, -0.2) is 0 Å². The van der Waals surface area contributed by atoms with Gasteiger partial charge in [-0.1, -0.05) is 41.9 Å². The molecule has 0 fully saturated rings. The van der Waals surface area contributed by atoms with Crippen LogP contribution in [0.4, 0.5) is 5.69 Å². The number of benzene rings is 2. The van der Waals surface area contributed by atoms with Crippen LogP contribution in [-0.4, -0.2) is 11.8 Å². The van der Waals surface area contributed by atoms with Crippen LogP contribution in [0.25, 0.3) is 11.0 Å². The molecule has 0 bridgehead atoms. The van der Waals surface area contributed by atoms with Crippen LogP contribution in [0.15, 0.2) is 52.9 Å². The van der Waals surface area contributed by atoms with Crippen LogP contribution in [0.2, 0.25) is 5.02 Å². The summed E-state index contributed by atoms with van der Waals surface area (Å²) in [4.78, 5) is 23.8. The summed E-state index contributed by atoms with van der Waals surface area (Å²) in [5, 5.41) is 3.74. The maximum Gasteiger partial charge on any atom is 0.286 e. The van der Waals surface area contributed by atoms with Crippen molar-refractivity contribution in [3.8, 4) is 0 Å². The highest BCUT2D eigenvalue weighted by molar-refractivity contribution is 6.31. The lowest BCUT2D eigenvalue weighted by Gasteiger charge is -2.05. The minimum atomic E-state index is -0.749. The third kappa shape index (κ3) is 3.41. The molecule has 24 heavy (non-hydrogen) atoms. The summed E-state index contributed by atoms with van der Waals surface area (Å²) in [5.74, 6) is -1.06. The molecule has 122 valence electrons. The zero-order valence-electron chi connectivity index (χ0n) is 12.7. The van der Waals surface area contributed by atoms with Gasteiger partial charge in [-0.3, -0.25) is 9.59 Å². The molecule has 5 nitrogen and oxygen atoms in total. The Labute approximate surface area is 143 Å². The highest BCUT2D eigenvalue weighted by Gasteiger charge is 2.20. The number of anilines is 1. The maximum atomic E-state index is 12.2. The minimum absolute atomic E-state index is 0.0830. The molecule has 1 heterocycles. The molecular formula is C18H15ClN2O3. The molecule has 3 N–H and O–H groups in total. The molecule has 3 aromatic rings. The number of carbonyl (C=O) groups excluding carboxylic acids is 2. The molecule has 6 heteroatoms. The van der Waals surface area contributed by atoms with Gasteiger partial charge in [0.15, 0.2) is 0 Å². The van der Waals surface area contributed by atoms with Crippen molar-refractivity contribution in [3.05, 3.63) is 64.9 Å². The molecule has 2 amide bonds. The summed E-state index contributed by atoms with van der Waals surface area (Å²) < 4.78 is 5.43. The van der Waals surface area contributed by atoms with Crippen molar-refractivity contribution in [2.75, 3.05) is 5.32 Å². The van der Waals surface area contributed by atoms with Gasteiger partial charge >= 0.3 is 0 Å². The summed E-state index contributed by atoms with van der Waals surface area (Å²) in [7, 11) is 0. The van der Waals surface area contributed by atoms with Crippen molar-refractivity contribution in [1.29, 1.82) is 0 Å². The van der Waals surface area contributed by atoms with E-state index in [0.29, 0.717) is 22.4 Å². The third-order valence-electron chi connectivity index (χ3n) is 3.62. The molecule has 0 unspecified atom stereocenters. The van der Waals surface area contributed by atoms with E-state index < -0.39 is 5.91 Å². The van der Waals surface area contributed by atoms with Gasteiger partial charge in [-0.2, -0.15) is 0 Å². The van der Waals surface area contributed by atoms with E-state index in [1.807, 2.05) is 30.3 Å². The van der Waals surface area contributed by atoms with Gasteiger partial charge in [0.25, 0.3) is 5.91 Å². The van der Waals surface area contributed by atoms with Crippen molar-refractivity contribution >= 4 is 40.1 Å². The van der Waals surface area contributed by atoms with E-state index in [1.54, 1.807) is 18.2 Å². The molecule has 0 aliphatic rings. The van der Waals surface area contributed by atoms with Crippen LogP contribution in [0, 0.1) is 0 Å². The molecular weight excluding hydrogens is 328 g/mol. The summed E-state index contributed by atoms with van der Waals surface area (Å²) >= 11 is 5.99. The van der Waals surface area contributed by atoms with Crippen molar-refractivity contribution < 1.29 is 14.0 Å². The molecule has 0 atom stereocenters. The molecule has 0 saturated heterocycles. The largest absolute Gasteiger partial charge is 0.449 e. The number of primary amides is 1. The summed E-state index contributed by atoms with van der Waals surface area (Å²) in [6.07, 6.45) is 0.866. The van der Waals surface area contributed by atoms with Crippen LogP contribution < -0.4 is 11.1 Å². The number of hydrogen-bond acceptors (Lipinski definition) is 3. The van der Waals surface area contributed by atoms with Gasteiger partial charge < -0.3 is 15.5 Å². The van der Waals surface area contributed by atoms with Gasteiger partial charge in [-0.15, -0.1) is 0 Å². The van der Waals surface area contributed by atoms with E-state index in [9.17, 15) is 9.59 Å². The lowest BCUT2D eigenvalue weighted by atomic mass is 10.1. The highest BCUT2D eigenvalue weighted by Crippen LogP contribution is 2.32. The molecule has 1 aromatic heterocycles. The first-order valence-corrected chi connectivity index (χ1v) is 7.78. The van der Waals surface area contributed by atoms with Crippen molar-refractivity contribution in [1.82, 2.24) is 0 Å². The van der Waals surface area contributed by atoms with Crippen LogP contribution in [0.5, 0.6) is 0 Å². The topological polar surface area (TPSA) is 85.3 Å². The number of fused-ring (bicyclic) bond motifs is 1. The second-order valence-electron chi connectivity index (χ2n) is 5.34. The Hall–Kier alpha value is -2.79. The molecule has 0 spiro atoms. The number of amides is 2. The van der Waals surface area contributed by atoms with Gasteiger partial charge in [0, 0.05) is 16.8 Å². The highest BCUT2D eigenvalue weighted by atomic mass is 35.5. The number of furan rings is 1. The molecule has 0 aliphatic carbocycles. The van der Waals surface area contributed by atoms with E-state index in [0.717, 1.165) is 5.56 Å². The number of rotatable bonds is 5. The van der Waals surface area contributed by atoms with E-state index in [-0.39, 0.29) is 23.8 Å². The van der Waals surface area contributed by atoms with Gasteiger partial charge in [0.2, 0.25) is 11.7 Å². The fourth-order valence-corrected chi connectivity index (χ4v) is 2.64. The Kier molecular flexibility index (Phi) is 4.53. The fraction of sp³-hybridized carbons (Fsp3) is 0.111. The number of hydrogen-bond donors (Lipinski definition) is 2. The second kappa shape index (κ2) is 6.76. The van der Waals surface area contributed by atoms with Crippen molar-refractivity contribution in [2.45, 2.75) is 12.8 Å². The Morgan fingerprint density at radius 1 is 1.12 bits per heavy atom. The zero-order chi connectivity index (χ0) is 17.1. The Morgan fingerprint density at radius 3 is 2.58 bits per heavy atom. The number of nitrogens with one attached hydrogen (secondary N) is 1. The summed E-state index contributed by atoms with van der Waals surface area (Å²) in [5.41, 5.74) is 7.10. The first-order valence-electron chi connectivity index (χ1n) is 7.40. The lowest BCUT2D eigenvalue weighted by Crippen LogP contribution is -2.17. The smallest absolute Gasteiger partial charge is 0.286 e. The number of aryl methyl sites for hydroxylation is 1. The Morgan fingerprint density at radius 2 is 1.88 bits per heavy atom. The van der Waals surface area contributed by atoms with Crippen LogP contribution in [0.3, 0.4) is 0 Å². The van der Waals surface area contributed by atoms with Gasteiger partial charge in [-0.05, 0) is 30.2 Å². The normalized spacial score (nSPS) is 10.7. The number of nitrogens with two attached hydrogens (primary N) is 1. The van der Waals surface area contributed by atoms with Crippen LogP contribution in [-0.2, 0) is 11.2 Å². The summed E-state index contributed by atoms with van der Waals surface area (Å²) in [6, 6.07) is 14.6.